The zero-order valence-electron chi connectivity index (χ0n) is 15.8. The number of sulfonamides is 1. The summed E-state index contributed by atoms with van der Waals surface area (Å²) in [7, 11) is -3.92. The smallest absolute Gasteiger partial charge is 0.261 e. The maximum atomic E-state index is 13.0. The molecule has 0 saturated heterocycles. The third-order valence-electron chi connectivity index (χ3n) is 4.42. The number of benzene rings is 3. The lowest BCUT2D eigenvalue weighted by atomic mass is 10.0. The number of hydrogen-bond donors (Lipinski definition) is 2. The molecule has 0 fully saturated rings. The summed E-state index contributed by atoms with van der Waals surface area (Å²) in [5.74, 6) is -0.824. The third-order valence-corrected chi connectivity index (χ3v) is 5.80. The number of halogens is 1. The van der Waals surface area contributed by atoms with Gasteiger partial charge in [-0.05, 0) is 54.4 Å². The van der Waals surface area contributed by atoms with Gasteiger partial charge in [0.15, 0.2) is 0 Å². The Morgan fingerprint density at radius 1 is 0.966 bits per heavy atom. The molecular weight excluding hydrogens is 391 g/mol. The molecule has 0 bridgehead atoms. The van der Waals surface area contributed by atoms with Crippen molar-refractivity contribution in [2.24, 2.45) is 0 Å². The topological polar surface area (TPSA) is 75.3 Å². The Bertz CT molecular complexity index is 1080. The van der Waals surface area contributed by atoms with E-state index in [1.165, 1.54) is 30.3 Å². The van der Waals surface area contributed by atoms with E-state index in [0.717, 1.165) is 17.7 Å². The van der Waals surface area contributed by atoms with Crippen LogP contribution < -0.4 is 10.0 Å². The zero-order chi connectivity index (χ0) is 20.9. The molecule has 0 aliphatic heterocycles. The van der Waals surface area contributed by atoms with Gasteiger partial charge >= 0.3 is 0 Å². The summed E-state index contributed by atoms with van der Waals surface area (Å²) in [5.41, 5.74) is 1.45. The van der Waals surface area contributed by atoms with Crippen LogP contribution in [-0.4, -0.2) is 14.3 Å². The minimum absolute atomic E-state index is 0.0535. The minimum atomic E-state index is -3.92. The number of carbonyl (C=O) groups excluding carboxylic acids is 1. The number of anilines is 1. The van der Waals surface area contributed by atoms with Gasteiger partial charge in [0.1, 0.15) is 5.82 Å². The van der Waals surface area contributed by atoms with Gasteiger partial charge in [0.25, 0.3) is 15.9 Å². The Labute approximate surface area is 169 Å². The Morgan fingerprint density at radius 2 is 1.66 bits per heavy atom. The van der Waals surface area contributed by atoms with Gasteiger partial charge in [-0.2, -0.15) is 0 Å². The van der Waals surface area contributed by atoms with E-state index in [4.69, 9.17) is 0 Å². The third kappa shape index (κ3) is 5.20. The van der Waals surface area contributed by atoms with E-state index >= 15 is 0 Å². The Kier molecular flexibility index (Phi) is 6.29. The van der Waals surface area contributed by atoms with Crippen molar-refractivity contribution < 1.29 is 17.6 Å². The van der Waals surface area contributed by atoms with Crippen LogP contribution in [0.3, 0.4) is 0 Å². The van der Waals surface area contributed by atoms with Crippen molar-refractivity contribution in [3.8, 4) is 0 Å². The highest BCUT2D eigenvalue weighted by molar-refractivity contribution is 7.92. The molecular formula is C22H21FN2O3S. The van der Waals surface area contributed by atoms with Gasteiger partial charge in [-0.1, -0.05) is 43.3 Å². The molecule has 29 heavy (non-hydrogen) atoms. The molecule has 3 aromatic rings. The van der Waals surface area contributed by atoms with Crippen molar-refractivity contribution in [2.45, 2.75) is 24.3 Å². The molecule has 0 heterocycles. The summed E-state index contributed by atoms with van der Waals surface area (Å²) >= 11 is 0. The lowest BCUT2D eigenvalue weighted by Gasteiger charge is -2.18. The van der Waals surface area contributed by atoms with Crippen molar-refractivity contribution in [3.63, 3.8) is 0 Å². The Balaban J connectivity index is 1.79. The normalized spacial score (nSPS) is 12.2. The fraction of sp³-hybridized carbons (Fsp3) is 0.136. The molecule has 0 unspecified atom stereocenters. The van der Waals surface area contributed by atoms with E-state index in [1.54, 1.807) is 6.07 Å². The highest BCUT2D eigenvalue weighted by Crippen LogP contribution is 2.20. The van der Waals surface area contributed by atoms with Crippen LogP contribution in [-0.2, 0) is 10.0 Å². The van der Waals surface area contributed by atoms with Crippen molar-refractivity contribution in [1.82, 2.24) is 5.32 Å². The number of hydrogen-bond acceptors (Lipinski definition) is 3. The monoisotopic (exact) mass is 412 g/mol. The second-order valence-corrected chi connectivity index (χ2v) is 8.17. The van der Waals surface area contributed by atoms with E-state index in [2.05, 4.69) is 10.0 Å². The molecule has 7 heteroatoms. The van der Waals surface area contributed by atoms with Gasteiger partial charge in [0.05, 0.1) is 10.9 Å². The van der Waals surface area contributed by atoms with Gasteiger partial charge in [-0.25, -0.2) is 12.8 Å². The number of amides is 1. The molecule has 0 aromatic heterocycles. The second kappa shape index (κ2) is 8.87. The molecule has 0 spiro atoms. The molecule has 0 aliphatic carbocycles. The van der Waals surface area contributed by atoms with Crippen LogP contribution in [0.15, 0.2) is 83.8 Å². The van der Waals surface area contributed by atoms with Crippen molar-refractivity contribution >= 4 is 21.6 Å². The van der Waals surface area contributed by atoms with Crippen LogP contribution in [0.1, 0.15) is 35.3 Å². The summed E-state index contributed by atoms with van der Waals surface area (Å²) in [6.45, 7) is 1.96. The predicted molar refractivity (Wildman–Crippen MR) is 111 cm³/mol. The standard InChI is InChI=1S/C22H21FN2O3S/c1-2-21(16-7-4-3-5-8-16)24-22(26)17-9-6-10-20(15-17)29(27,28)25-19-13-11-18(23)12-14-19/h3-15,21,25H,2H2,1H3,(H,24,26)/t21-/m1/s1. The van der Waals surface area contributed by atoms with E-state index in [0.29, 0.717) is 6.42 Å². The van der Waals surface area contributed by atoms with E-state index < -0.39 is 15.8 Å². The first-order valence-electron chi connectivity index (χ1n) is 9.13. The van der Waals surface area contributed by atoms with Crippen LogP contribution >= 0.6 is 0 Å². The molecule has 150 valence electrons. The molecule has 1 amide bonds. The SMILES string of the molecule is CC[C@@H](NC(=O)c1cccc(S(=O)(=O)Nc2ccc(F)cc2)c1)c1ccccc1. The number of nitrogens with one attached hydrogen (secondary N) is 2. The largest absolute Gasteiger partial charge is 0.345 e. The summed E-state index contributed by atoms with van der Waals surface area (Å²) < 4.78 is 40.6. The average molecular weight is 412 g/mol. The van der Waals surface area contributed by atoms with E-state index in [9.17, 15) is 17.6 Å². The molecule has 1 atom stereocenters. The first kappa shape index (κ1) is 20.5. The number of carbonyl (C=O) groups is 1. The molecule has 5 nitrogen and oxygen atoms in total. The summed E-state index contributed by atoms with van der Waals surface area (Å²) in [6.07, 6.45) is 0.694. The summed E-state index contributed by atoms with van der Waals surface area (Å²) in [4.78, 5) is 12.6. The maximum absolute atomic E-state index is 13.0. The molecule has 0 saturated carbocycles. The van der Waals surface area contributed by atoms with Crippen LogP contribution in [0.4, 0.5) is 10.1 Å². The summed E-state index contributed by atoms with van der Waals surface area (Å²) in [6, 6.07) is 20.2. The summed E-state index contributed by atoms with van der Waals surface area (Å²) in [5, 5.41) is 2.94. The molecule has 0 aliphatic rings. The fourth-order valence-corrected chi connectivity index (χ4v) is 3.99. The maximum Gasteiger partial charge on any atom is 0.261 e. The van der Waals surface area contributed by atoms with Gasteiger partial charge in [-0.15, -0.1) is 0 Å². The van der Waals surface area contributed by atoms with Gasteiger partial charge < -0.3 is 5.32 Å². The van der Waals surface area contributed by atoms with Gasteiger partial charge in [0.2, 0.25) is 0 Å². The predicted octanol–water partition coefficient (Wildman–Crippen LogP) is 4.51. The highest BCUT2D eigenvalue weighted by atomic mass is 32.2. The van der Waals surface area contributed by atoms with Crippen molar-refractivity contribution in [2.75, 3.05) is 4.72 Å². The van der Waals surface area contributed by atoms with Gasteiger partial charge in [-0.3, -0.25) is 9.52 Å². The minimum Gasteiger partial charge on any atom is -0.345 e. The van der Waals surface area contributed by atoms with Crippen molar-refractivity contribution in [1.29, 1.82) is 0 Å². The van der Waals surface area contributed by atoms with Crippen LogP contribution in [0.2, 0.25) is 0 Å². The lowest BCUT2D eigenvalue weighted by molar-refractivity contribution is 0.0935. The highest BCUT2D eigenvalue weighted by Gasteiger charge is 2.18. The molecule has 2 N–H and O–H groups in total. The second-order valence-electron chi connectivity index (χ2n) is 6.49. The van der Waals surface area contributed by atoms with Crippen LogP contribution in [0.5, 0.6) is 0 Å². The first-order valence-corrected chi connectivity index (χ1v) is 10.6. The Morgan fingerprint density at radius 3 is 2.31 bits per heavy atom. The number of rotatable bonds is 7. The molecule has 0 radical (unpaired) electrons. The quantitative estimate of drug-likeness (QED) is 0.600. The van der Waals surface area contributed by atoms with E-state index in [1.807, 2.05) is 37.3 Å². The van der Waals surface area contributed by atoms with Crippen LogP contribution in [0, 0.1) is 5.82 Å². The lowest BCUT2D eigenvalue weighted by Crippen LogP contribution is -2.28. The molecule has 3 rings (SSSR count). The Hall–Kier alpha value is -3.19. The first-order chi connectivity index (χ1) is 13.9. The average Bonchev–Trinajstić information content (AvgIpc) is 2.74. The van der Waals surface area contributed by atoms with Crippen LogP contribution in [0.25, 0.3) is 0 Å². The fourth-order valence-electron chi connectivity index (χ4n) is 2.88. The van der Waals surface area contributed by atoms with Crippen molar-refractivity contribution in [3.05, 3.63) is 95.8 Å². The van der Waals surface area contributed by atoms with E-state index in [-0.39, 0.29) is 28.1 Å². The van der Waals surface area contributed by atoms with Gasteiger partial charge in [0, 0.05) is 11.3 Å². The molecule has 3 aromatic carbocycles. The zero-order valence-corrected chi connectivity index (χ0v) is 16.6.